The Morgan fingerprint density at radius 3 is 2.95 bits per heavy atom. The summed E-state index contributed by atoms with van der Waals surface area (Å²) in [4.78, 5) is 13.3. The number of nitrogens with one attached hydrogen (secondary N) is 1. The number of nitrogens with zero attached hydrogens (tertiary/aromatic N) is 2. The van der Waals surface area contributed by atoms with E-state index in [1.54, 1.807) is 6.07 Å². The molecule has 1 aliphatic heterocycles. The molecule has 2 rings (SSSR count). The van der Waals surface area contributed by atoms with Gasteiger partial charge in [-0.1, -0.05) is 13.0 Å². The van der Waals surface area contributed by atoms with Crippen molar-refractivity contribution >= 4 is 28.8 Å². The van der Waals surface area contributed by atoms with E-state index in [-0.39, 0.29) is 10.6 Å². The third kappa shape index (κ3) is 3.17. The lowest BCUT2D eigenvalue weighted by atomic mass is 10.2. The van der Waals surface area contributed by atoms with Gasteiger partial charge in [0.2, 0.25) is 0 Å². The van der Waals surface area contributed by atoms with E-state index in [9.17, 15) is 10.1 Å². The highest BCUT2D eigenvalue weighted by Crippen LogP contribution is 2.37. The van der Waals surface area contributed by atoms with Crippen molar-refractivity contribution in [3.05, 3.63) is 28.3 Å². The molecule has 20 heavy (non-hydrogen) atoms. The highest BCUT2D eigenvalue weighted by atomic mass is 32.2. The van der Waals surface area contributed by atoms with E-state index >= 15 is 0 Å². The Balaban J connectivity index is 2.34. The highest BCUT2D eigenvalue weighted by Gasteiger charge is 2.27. The molecule has 1 aromatic carbocycles. The topological polar surface area (TPSA) is 58.4 Å². The van der Waals surface area contributed by atoms with Crippen LogP contribution in [-0.2, 0) is 0 Å². The average molecular weight is 295 g/mol. The highest BCUT2D eigenvalue weighted by molar-refractivity contribution is 8.00. The zero-order chi connectivity index (χ0) is 14.5. The second kappa shape index (κ2) is 6.83. The molecule has 1 atom stereocenters. The number of thioether (sulfide) groups is 1. The Kier molecular flexibility index (Phi) is 5.11. The molecule has 1 aliphatic rings. The van der Waals surface area contributed by atoms with Crippen LogP contribution in [0.5, 0.6) is 0 Å². The fraction of sp³-hybridized carbons (Fsp3) is 0.571. The number of benzene rings is 1. The summed E-state index contributed by atoms with van der Waals surface area (Å²) < 4.78 is 0. The molecule has 1 unspecified atom stereocenters. The lowest BCUT2D eigenvalue weighted by Gasteiger charge is -2.33. The van der Waals surface area contributed by atoms with Gasteiger partial charge in [0, 0.05) is 30.6 Å². The van der Waals surface area contributed by atoms with Gasteiger partial charge in [0.15, 0.2) is 0 Å². The maximum absolute atomic E-state index is 11.4. The van der Waals surface area contributed by atoms with Gasteiger partial charge < -0.3 is 10.2 Å². The van der Waals surface area contributed by atoms with E-state index in [1.165, 1.54) is 0 Å². The maximum Gasteiger partial charge on any atom is 0.315 e. The second-order valence-corrected chi connectivity index (χ2v) is 6.22. The summed E-state index contributed by atoms with van der Waals surface area (Å²) in [5, 5.41) is 15.1. The second-order valence-electron chi connectivity index (χ2n) is 4.81. The normalized spacial score (nSPS) is 18.9. The first-order valence-corrected chi connectivity index (χ1v) is 8.10. The van der Waals surface area contributed by atoms with Gasteiger partial charge in [0.05, 0.1) is 4.92 Å². The molecule has 0 aromatic heterocycles. The van der Waals surface area contributed by atoms with Crippen LogP contribution in [0.1, 0.15) is 20.3 Å². The van der Waals surface area contributed by atoms with E-state index < -0.39 is 0 Å². The molecule has 0 aliphatic carbocycles. The van der Waals surface area contributed by atoms with Gasteiger partial charge in [-0.15, -0.1) is 0 Å². The molecule has 1 saturated heterocycles. The largest absolute Gasteiger partial charge is 0.380 e. The Bertz CT molecular complexity index is 481. The monoisotopic (exact) mass is 295 g/mol. The van der Waals surface area contributed by atoms with Crippen molar-refractivity contribution in [3.8, 4) is 0 Å². The third-order valence-corrected chi connectivity index (χ3v) is 4.87. The SMILES string of the molecule is CCNc1cccc(N2CCSC(CC)C2)c1[N+](=O)[O-]. The Morgan fingerprint density at radius 2 is 2.30 bits per heavy atom. The molecule has 1 N–H and O–H groups in total. The standard InChI is InChI=1S/C14H21N3O2S/c1-3-11-10-16(8-9-20-11)13-7-5-6-12(15-4-2)14(13)17(18)19/h5-7,11,15H,3-4,8-10H2,1-2H3. The summed E-state index contributed by atoms with van der Waals surface area (Å²) in [6.07, 6.45) is 1.10. The number of nitro groups is 1. The van der Waals surface area contributed by atoms with Crippen molar-refractivity contribution in [2.24, 2.45) is 0 Å². The van der Waals surface area contributed by atoms with E-state index in [4.69, 9.17) is 0 Å². The summed E-state index contributed by atoms with van der Waals surface area (Å²) in [5.41, 5.74) is 1.56. The van der Waals surface area contributed by atoms with Crippen LogP contribution in [-0.4, -0.2) is 35.6 Å². The van der Waals surface area contributed by atoms with Gasteiger partial charge >= 0.3 is 5.69 Å². The van der Waals surface area contributed by atoms with Crippen LogP contribution in [0.4, 0.5) is 17.1 Å². The van der Waals surface area contributed by atoms with Gasteiger partial charge in [-0.25, -0.2) is 0 Å². The minimum Gasteiger partial charge on any atom is -0.380 e. The number of nitro benzene ring substituents is 1. The van der Waals surface area contributed by atoms with E-state index in [1.807, 2.05) is 30.8 Å². The minimum atomic E-state index is -0.268. The van der Waals surface area contributed by atoms with Crippen LogP contribution in [0.25, 0.3) is 0 Å². The van der Waals surface area contributed by atoms with Crippen molar-refractivity contribution in [1.29, 1.82) is 0 Å². The first-order chi connectivity index (χ1) is 9.67. The molecule has 110 valence electrons. The van der Waals surface area contributed by atoms with Crippen LogP contribution < -0.4 is 10.2 Å². The molecule has 0 amide bonds. The number of rotatable bonds is 5. The number of hydrogen-bond acceptors (Lipinski definition) is 5. The van der Waals surface area contributed by atoms with Crippen molar-refractivity contribution in [3.63, 3.8) is 0 Å². The first kappa shape index (κ1) is 15.0. The lowest BCUT2D eigenvalue weighted by molar-refractivity contribution is -0.383. The van der Waals surface area contributed by atoms with Crippen molar-refractivity contribution in [2.75, 3.05) is 35.6 Å². The van der Waals surface area contributed by atoms with Crippen molar-refractivity contribution in [1.82, 2.24) is 0 Å². The van der Waals surface area contributed by atoms with Gasteiger partial charge in [-0.3, -0.25) is 10.1 Å². The van der Waals surface area contributed by atoms with Crippen LogP contribution >= 0.6 is 11.8 Å². The van der Waals surface area contributed by atoms with E-state index in [0.717, 1.165) is 31.0 Å². The molecule has 0 radical (unpaired) electrons. The van der Waals surface area contributed by atoms with Crippen molar-refractivity contribution in [2.45, 2.75) is 25.5 Å². The Morgan fingerprint density at radius 1 is 1.50 bits per heavy atom. The molecular weight excluding hydrogens is 274 g/mol. The molecule has 0 bridgehead atoms. The van der Waals surface area contributed by atoms with Gasteiger partial charge in [0.1, 0.15) is 11.4 Å². The van der Waals surface area contributed by atoms with Gasteiger partial charge in [-0.05, 0) is 25.5 Å². The number of para-hydroxylation sites is 1. The summed E-state index contributed by atoms with van der Waals surface area (Å²) >= 11 is 1.96. The van der Waals surface area contributed by atoms with Crippen molar-refractivity contribution < 1.29 is 4.92 Å². The smallest absolute Gasteiger partial charge is 0.315 e. The maximum atomic E-state index is 11.4. The molecule has 0 spiro atoms. The predicted octanol–water partition coefficient (Wildman–Crippen LogP) is 3.36. The zero-order valence-corrected chi connectivity index (χ0v) is 12.8. The fourth-order valence-corrected chi connectivity index (χ4v) is 3.68. The minimum absolute atomic E-state index is 0.205. The van der Waals surface area contributed by atoms with Gasteiger partial charge in [-0.2, -0.15) is 11.8 Å². The van der Waals surface area contributed by atoms with Crippen LogP contribution in [0.2, 0.25) is 0 Å². The van der Waals surface area contributed by atoms with Gasteiger partial charge in [0.25, 0.3) is 0 Å². The average Bonchev–Trinajstić information content (AvgIpc) is 2.47. The number of hydrogen-bond donors (Lipinski definition) is 1. The predicted molar refractivity (Wildman–Crippen MR) is 86.0 cm³/mol. The molecule has 1 heterocycles. The lowest BCUT2D eigenvalue weighted by Crippen LogP contribution is -2.38. The van der Waals surface area contributed by atoms with Crippen LogP contribution in [0, 0.1) is 10.1 Å². The molecule has 0 saturated carbocycles. The summed E-state index contributed by atoms with van der Waals surface area (Å²) in [6, 6.07) is 5.53. The fourth-order valence-electron chi connectivity index (χ4n) is 2.50. The Labute approximate surface area is 123 Å². The molecule has 1 fully saturated rings. The molecule has 5 nitrogen and oxygen atoms in total. The third-order valence-electron chi connectivity index (χ3n) is 3.50. The van der Waals surface area contributed by atoms with Crippen LogP contribution in [0.3, 0.4) is 0 Å². The zero-order valence-electron chi connectivity index (χ0n) is 12.0. The number of anilines is 2. The van der Waals surface area contributed by atoms with E-state index in [2.05, 4.69) is 17.1 Å². The van der Waals surface area contributed by atoms with E-state index in [0.29, 0.717) is 17.5 Å². The first-order valence-electron chi connectivity index (χ1n) is 7.05. The summed E-state index contributed by atoms with van der Waals surface area (Å²) in [6.45, 7) is 6.55. The van der Waals surface area contributed by atoms with Crippen LogP contribution in [0.15, 0.2) is 18.2 Å². The summed E-state index contributed by atoms with van der Waals surface area (Å²) in [7, 11) is 0. The molecule has 6 heteroatoms. The Hall–Kier alpha value is -1.43. The summed E-state index contributed by atoms with van der Waals surface area (Å²) in [5.74, 6) is 1.03. The molecular formula is C14H21N3O2S. The quantitative estimate of drug-likeness (QED) is 0.667. The molecule has 1 aromatic rings.